The summed E-state index contributed by atoms with van der Waals surface area (Å²) in [5.74, 6) is 0.647. The minimum atomic E-state index is -0.124. The third kappa shape index (κ3) is 5.53. The normalized spacial score (nSPS) is 15.4. The Kier molecular flexibility index (Phi) is 8.07. The summed E-state index contributed by atoms with van der Waals surface area (Å²) in [4.78, 5) is 10.8. The molecule has 12 rings (SSSR count). The van der Waals surface area contributed by atoms with Crippen LogP contribution in [0.2, 0.25) is 0 Å². The van der Waals surface area contributed by atoms with Gasteiger partial charge in [-0.25, -0.2) is 9.97 Å². The highest BCUT2D eigenvalue weighted by atomic mass is 15.2. The molecule has 0 N–H and O–H groups in total. The van der Waals surface area contributed by atoms with Crippen molar-refractivity contribution in [3.8, 4) is 34.0 Å². The smallest absolute Gasteiger partial charge is 0.235 e. The van der Waals surface area contributed by atoms with Gasteiger partial charge >= 0.3 is 0 Å². The van der Waals surface area contributed by atoms with Crippen molar-refractivity contribution in [2.75, 3.05) is 0 Å². The zero-order chi connectivity index (χ0) is 41.5. The summed E-state index contributed by atoms with van der Waals surface area (Å²) in [6.45, 7) is 9.22. The summed E-state index contributed by atoms with van der Waals surface area (Å²) in [6, 6.07) is 58.9. The molecule has 294 valence electrons. The van der Waals surface area contributed by atoms with E-state index < -0.39 is 0 Å². The molecule has 4 nitrogen and oxygen atoms in total. The van der Waals surface area contributed by atoms with E-state index in [-0.39, 0.29) is 5.41 Å². The van der Waals surface area contributed by atoms with Crippen LogP contribution in [-0.2, 0) is 11.8 Å². The molecule has 0 bridgehead atoms. The number of hydrogen-bond donors (Lipinski definition) is 0. The molecule has 62 heavy (non-hydrogen) atoms. The Bertz CT molecular complexity index is 3590. The molecule has 0 amide bonds. The van der Waals surface area contributed by atoms with Crippen LogP contribution in [-0.4, -0.2) is 19.1 Å². The topological polar surface area (TPSA) is 35.6 Å². The zero-order valence-corrected chi connectivity index (χ0v) is 34.7. The fourth-order valence-electron chi connectivity index (χ4n) is 10.1. The largest absolute Gasteiger partial charge is 0.309 e. The van der Waals surface area contributed by atoms with Gasteiger partial charge in [0.2, 0.25) is 5.95 Å². The van der Waals surface area contributed by atoms with E-state index in [0.29, 0.717) is 5.95 Å². The summed E-state index contributed by atoms with van der Waals surface area (Å²) in [6.07, 6.45) is 11.8. The van der Waals surface area contributed by atoms with Crippen LogP contribution in [0.3, 0.4) is 0 Å². The van der Waals surface area contributed by atoms with E-state index in [0.717, 1.165) is 62.2 Å². The Morgan fingerprint density at radius 1 is 0.532 bits per heavy atom. The van der Waals surface area contributed by atoms with E-state index in [2.05, 4.69) is 224 Å². The number of benzene rings is 7. The van der Waals surface area contributed by atoms with Crippen LogP contribution >= 0.6 is 0 Å². The highest BCUT2D eigenvalue weighted by molar-refractivity contribution is 6.10. The van der Waals surface area contributed by atoms with Gasteiger partial charge in [-0.15, -0.1) is 0 Å². The molecule has 0 fully saturated rings. The van der Waals surface area contributed by atoms with Crippen molar-refractivity contribution in [2.45, 2.75) is 25.7 Å². The van der Waals surface area contributed by atoms with Crippen LogP contribution in [0.5, 0.6) is 0 Å². The van der Waals surface area contributed by atoms with Gasteiger partial charge in [-0.3, -0.25) is 4.57 Å². The van der Waals surface area contributed by atoms with Crippen LogP contribution < -0.4 is 0 Å². The second-order valence-corrected chi connectivity index (χ2v) is 17.1. The van der Waals surface area contributed by atoms with E-state index in [9.17, 15) is 0 Å². The predicted molar refractivity (Wildman–Crippen MR) is 259 cm³/mol. The Morgan fingerprint density at radius 3 is 2.06 bits per heavy atom. The SMILES string of the molecule is C=C1C=C(c2ccc3c4ccccc4n(-c4ccccc4)c3c2)/C=C\Cc2c(n(-c3nc(-c4ccc5c(c4)C(C)(C)c4ccccc4-5)c4ccccc4n3)c3ccccc23)/C=C\1. The van der Waals surface area contributed by atoms with E-state index in [1.54, 1.807) is 0 Å². The summed E-state index contributed by atoms with van der Waals surface area (Å²) in [5.41, 5.74) is 18.1. The van der Waals surface area contributed by atoms with Gasteiger partial charge in [0, 0.05) is 38.2 Å². The third-order valence-electron chi connectivity index (χ3n) is 13.1. The minimum absolute atomic E-state index is 0.124. The third-order valence-corrected chi connectivity index (χ3v) is 13.1. The second kappa shape index (κ2) is 13.9. The van der Waals surface area contributed by atoms with E-state index >= 15 is 0 Å². The first-order chi connectivity index (χ1) is 30.4. The molecule has 0 radical (unpaired) electrons. The van der Waals surface area contributed by atoms with Gasteiger partial charge in [0.05, 0.1) is 33.5 Å². The Balaban J connectivity index is 0.985. The molecule has 0 aliphatic heterocycles. The first-order valence-electron chi connectivity index (χ1n) is 21.4. The lowest BCUT2D eigenvalue weighted by atomic mass is 9.82. The monoisotopic (exact) mass is 794 g/mol. The van der Waals surface area contributed by atoms with Gasteiger partial charge < -0.3 is 4.57 Å². The zero-order valence-electron chi connectivity index (χ0n) is 34.7. The standard InChI is InChI=1S/C58H42N4/c1-37-28-33-54-46(23-15-16-38(34-37)39-29-32-47-45-21-9-13-26-52(45)61(55(47)36-39)41-17-5-4-6-18-41)44-20-10-14-27-53(44)62(54)57-59-51-25-12-8-22-48(51)56(60-57)40-30-31-43-42-19-7-11-24-49(42)58(2,3)50(43)35-40/h4-22,24-36H,1,23H2,2-3H3/b16-15-,33-28-,38-34?. The fourth-order valence-corrected chi connectivity index (χ4v) is 10.1. The molecular formula is C58H42N4. The van der Waals surface area contributed by atoms with Gasteiger partial charge in [0.25, 0.3) is 0 Å². The Morgan fingerprint density at radius 2 is 1.21 bits per heavy atom. The van der Waals surface area contributed by atoms with Crippen LogP contribution in [0, 0.1) is 0 Å². The van der Waals surface area contributed by atoms with Gasteiger partial charge in [-0.1, -0.05) is 160 Å². The van der Waals surface area contributed by atoms with Gasteiger partial charge in [-0.05, 0) is 106 Å². The van der Waals surface area contributed by atoms with Crippen molar-refractivity contribution < 1.29 is 0 Å². The number of allylic oxidation sites excluding steroid dienone is 6. The quantitative estimate of drug-likeness (QED) is 0.178. The second-order valence-electron chi connectivity index (χ2n) is 17.1. The van der Waals surface area contributed by atoms with Crippen molar-refractivity contribution in [2.24, 2.45) is 0 Å². The number of fused-ring (bicyclic) bond motifs is 10. The molecule has 2 aliphatic carbocycles. The van der Waals surface area contributed by atoms with E-state index in [1.165, 1.54) is 55.0 Å². The molecule has 0 saturated carbocycles. The lowest BCUT2D eigenvalue weighted by Gasteiger charge is -2.22. The maximum Gasteiger partial charge on any atom is 0.235 e. The highest BCUT2D eigenvalue weighted by Crippen LogP contribution is 2.50. The average molecular weight is 795 g/mol. The molecule has 3 heterocycles. The molecule has 3 aromatic heterocycles. The predicted octanol–water partition coefficient (Wildman–Crippen LogP) is 14.4. The molecule has 0 saturated heterocycles. The van der Waals surface area contributed by atoms with Gasteiger partial charge in [0.1, 0.15) is 0 Å². The maximum atomic E-state index is 5.49. The summed E-state index contributed by atoms with van der Waals surface area (Å²) in [5, 5.41) is 4.69. The summed E-state index contributed by atoms with van der Waals surface area (Å²) < 4.78 is 4.62. The number of hydrogen-bond acceptors (Lipinski definition) is 2. The van der Waals surface area contributed by atoms with Crippen LogP contribution in [0.25, 0.3) is 89.3 Å². The van der Waals surface area contributed by atoms with Gasteiger partial charge in [-0.2, -0.15) is 0 Å². The van der Waals surface area contributed by atoms with Crippen molar-refractivity contribution in [3.05, 3.63) is 228 Å². The van der Waals surface area contributed by atoms with Crippen molar-refractivity contribution in [1.29, 1.82) is 0 Å². The van der Waals surface area contributed by atoms with E-state index in [4.69, 9.17) is 9.97 Å². The average Bonchev–Trinajstić information content (AvgIpc) is 3.90. The maximum absolute atomic E-state index is 5.49. The van der Waals surface area contributed by atoms with Crippen LogP contribution in [0.15, 0.2) is 200 Å². The molecule has 10 aromatic rings. The Hall–Kier alpha value is -7.82. The van der Waals surface area contributed by atoms with Crippen LogP contribution in [0.4, 0.5) is 0 Å². The number of para-hydroxylation sites is 4. The molecular weight excluding hydrogens is 753 g/mol. The van der Waals surface area contributed by atoms with Crippen molar-refractivity contribution in [3.63, 3.8) is 0 Å². The number of aromatic nitrogens is 4. The minimum Gasteiger partial charge on any atom is -0.309 e. The molecule has 0 atom stereocenters. The molecule has 7 aromatic carbocycles. The molecule has 0 spiro atoms. The molecule has 2 aliphatic rings. The van der Waals surface area contributed by atoms with Crippen molar-refractivity contribution in [1.82, 2.24) is 19.1 Å². The van der Waals surface area contributed by atoms with Crippen molar-refractivity contribution >= 4 is 55.3 Å². The van der Waals surface area contributed by atoms with Gasteiger partial charge in [0.15, 0.2) is 0 Å². The summed E-state index contributed by atoms with van der Waals surface area (Å²) >= 11 is 0. The van der Waals surface area contributed by atoms with Crippen LogP contribution in [0.1, 0.15) is 41.8 Å². The fraction of sp³-hybridized carbons (Fsp3) is 0.0690. The lowest BCUT2D eigenvalue weighted by Crippen LogP contribution is -2.15. The highest BCUT2D eigenvalue weighted by Gasteiger charge is 2.35. The Labute approximate surface area is 360 Å². The first kappa shape index (κ1) is 36.1. The molecule has 0 unspecified atom stereocenters. The number of rotatable bonds is 4. The summed E-state index contributed by atoms with van der Waals surface area (Å²) in [7, 11) is 0. The lowest BCUT2D eigenvalue weighted by molar-refractivity contribution is 0.660. The van der Waals surface area contributed by atoms with E-state index in [1.807, 2.05) is 0 Å². The number of nitrogens with zero attached hydrogens (tertiary/aromatic N) is 4. The molecule has 4 heteroatoms. The first-order valence-corrected chi connectivity index (χ1v) is 21.4.